The summed E-state index contributed by atoms with van der Waals surface area (Å²) in [5.41, 5.74) is 2.82. The first kappa shape index (κ1) is 17.0. The van der Waals surface area contributed by atoms with Gasteiger partial charge in [0, 0.05) is 31.1 Å². The maximum Gasteiger partial charge on any atom is 0.0952 e. The van der Waals surface area contributed by atoms with Crippen molar-refractivity contribution in [3.8, 4) is 0 Å². The van der Waals surface area contributed by atoms with Crippen molar-refractivity contribution in [2.45, 2.75) is 12.5 Å². The SMILES string of the molecule is O/N=C(/CCN1CCOC(c2ccc(Cl)cc2)C1)c1ccccc1. The fraction of sp³-hybridized carbons (Fsp3) is 0.316. The Labute approximate surface area is 147 Å². The second kappa shape index (κ2) is 8.29. The van der Waals surface area contributed by atoms with Crippen LogP contribution in [0.5, 0.6) is 0 Å². The number of morpholine rings is 1. The number of hydrogen-bond donors (Lipinski definition) is 1. The Kier molecular flexibility index (Phi) is 5.86. The predicted molar refractivity (Wildman–Crippen MR) is 96.0 cm³/mol. The van der Waals surface area contributed by atoms with E-state index in [4.69, 9.17) is 16.3 Å². The van der Waals surface area contributed by atoms with Gasteiger partial charge in [-0.2, -0.15) is 0 Å². The Hall–Kier alpha value is -1.88. The molecule has 2 aromatic rings. The number of nitrogens with zero attached hydrogens (tertiary/aromatic N) is 2. The molecular weight excluding hydrogens is 324 g/mol. The van der Waals surface area contributed by atoms with Crippen molar-refractivity contribution >= 4 is 17.3 Å². The van der Waals surface area contributed by atoms with Crippen LogP contribution in [0.25, 0.3) is 0 Å². The Morgan fingerprint density at radius 1 is 1.17 bits per heavy atom. The average molecular weight is 345 g/mol. The molecule has 4 nitrogen and oxygen atoms in total. The third-order valence-corrected chi connectivity index (χ3v) is 4.54. The molecule has 1 aliphatic heterocycles. The van der Waals surface area contributed by atoms with Gasteiger partial charge in [-0.25, -0.2) is 0 Å². The third kappa shape index (κ3) is 4.35. The van der Waals surface area contributed by atoms with Gasteiger partial charge in [0.15, 0.2) is 0 Å². The minimum Gasteiger partial charge on any atom is -0.411 e. The first-order valence-electron chi connectivity index (χ1n) is 8.12. The highest BCUT2D eigenvalue weighted by Gasteiger charge is 2.22. The molecular formula is C19H21ClN2O2. The Morgan fingerprint density at radius 2 is 1.92 bits per heavy atom. The van der Waals surface area contributed by atoms with Crippen LogP contribution in [0, 0.1) is 0 Å². The first-order chi connectivity index (χ1) is 11.8. The number of rotatable bonds is 5. The van der Waals surface area contributed by atoms with Gasteiger partial charge in [0.25, 0.3) is 0 Å². The molecule has 0 amide bonds. The Morgan fingerprint density at radius 3 is 2.62 bits per heavy atom. The zero-order chi connectivity index (χ0) is 16.8. The number of benzene rings is 2. The largest absolute Gasteiger partial charge is 0.411 e. The van der Waals surface area contributed by atoms with Crippen LogP contribution in [0.4, 0.5) is 0 Å². The molecule has 0 bridgehead atoms. The van der Waals surface area contributed by atoms with Crippen LogP contribution in [-0.2, 0) is 4.74 Å². The summed E-state index contributed by atoms with van der Waals surface area (Å²) in [6.45, 7) is 3.25. The molecule has 1 unspecified atom stereocenters. The highest BCUT2D eigenvalue weighted by Crippen LogP contribution is 2.24. The number of hydrogen-bond acceptors (Lipinski definition) is 4. The molecule has 0 aromatic heterocycles. The molecule has 5 heteroatoms. The van der Waals surface area contributed by atoms with Crippen molar-refractivity contribution < 1.29 is 9.94 Å². The summed E-state index contributed by atoms with van der Waals surface area (Å²) in [7, 11) is 0. The average Bonchev–Trinajstić information content (AvgIpc) is 2.64. The van der Waals surface area contributed by atoms with Crippen molar-refractivity contribution in [3.63, 3.8) is 0 Å². The van der Waals surface area contributed by atoms with E-state index in [-0.39, 0.29) is 6.10 Å². The standard InChI is InChI=1S/C19H21ClN2O2/c20-17-8-6-16(7-9-17)19-14-22(12-13-24-19)11-10-18(21-23)15-4-2-1-3-5-15/h1-9,19,23H,10-14H2/b21-18-. The summed E-state index contributed by atoms with van der Waals surface area (Å²) in [6.07, 6.45) is 0.760. The minimum atomic E-state index is 0.0576. The van der Waals surface area contributed by atoms with E-state index in [9.17, 15) is 5.21 Å². The van der Waals surface area contributed by atoms with Gasteiger partial charge in [-0.1, -0.05) is 59.2 Å². The zero-order valence-corrected chi connectivity index (χ0v) is 14.2. The molecule has 1 atom stereocenters. The van der Waals surface area contributed by atoms with Crippen molar-refractivity contribution in [2.75, 3.05) is 26.2 Å². The van der Waals surface area contributed by atoms with Crippen LogP contribution in [0.2, 0.25) is 5.02 Å². The van der Waals surface area contributed by atoms with Gasteiger partial charge in [-0.3, -0.25) is 4.90 Å². The first-order valence-corrected chi connectivity index (χ1v) is 8.50. The molecule has 0 aliphatic carbocycles. The van der Waals surface area contributed by atoms with E-state index in [0.717, 1.165) is 35.8 Å². The van der Waals surface area contributed by atoms with Crippen molar-refractivity contribution in [2.24, 2.45) is 5.16 Å². The molecule has 2 aromatic carbocycles. The minimum absolute atomic E-state index is 0.0576. The molecule has 1 N–H and O–H groups in total. The molecule has 24 heavy (non-hydrogen) atoms. The van der Waals surface area contributed by atoms with E-state index < -0.39 is 0 Å². The fourth-order valence-corrected chi connectivity index (χ4v) is 3.06. The maximum atomic E-state index is 9.30. The highest BCUT2D eigenvalue weighted by molar-refractivity contribution is 6.30. The quantitative estimate of drug-likeness (QED) is 0.507. The van der Waals surface area contributed by atoms with E-state index in [1.165, 1.54) is 0 Å². The number of ether oxygens (including phenoxy) is 1. The third-order valence-electron chi connectivity index (χ3n) is 4.28. The molecule has 0 saturated carbocycles. The smallest absolute Gasteiger partial charge is 0.0952 e. The lowest BCUT2D eigenvalue weighted by atomic mass is 10.1. The van der Waals surface area contributed by atoms with E-state index in [0.29, 0.717) is 18.7 Å². The monoisotopic (exact) mass is 344 g/mol. The summed E-state index contributed by atoms with van der Waals surface area (Å²) in [5, 5.41) is 13.5. The normalized spacial score (nSPS) is 19.4. The summed E-state index contributed by atoms with van der Waals surface area (Å²) >= 11 is 5.95. The van der Waals surface area contributed by atoms with Gasteiger partial charge >= 0.3 is 0 Å². The summed E-state index contributed by atoms with van der Waals surface area (Å²) in [4.78, 5) is 2.34. The second-order valence-electron chi connectivity index (χ2n) is 5.87. The summed E-state index contributed by atoms with van der Waals surface area (Å²) < 4.78 is 5.89. The van der Waals surface area contributed by atoms with Crippen molar-refractivity contribution in [3.05, 3.63) is 70.7 Å². The molecule has 0 radical (unpaired) electrons. The van der Waals surface area contributed by atoms with Gasteiger partial charge in [0.05, 0.1) is 18.4 Å². The van der Waals surface area contributed by atoms with Gasteiger partial charge < -0.3 is 9.94 Å². The van der Waals surface area contributed by atoms with E-state index in [1.54, 1.807) is 0 Å². The number of halogens is 1. The van der Waals surface area contributed by atoms with Gasteiger partial charge in [0.2, 0.25) is 0 Å². The fourth-order valence-electron chi connectivity index (χ4n) is 2.93. The maximum absolute atomic E-state index is 9.30. The van der Waals surface area contributed by atoms with Gasteiger partial charge in [0.1, 0.15) is 0 Å². The second-order valence-corrected chi connectivity index (χ2v) is 6.31. The molecule has 1 fully saturated rings. The van der Waals surface area contributed by atoms with Crippen molar-refractivity contribution in [1.82, 2.24) is 4.90 Å². The lowest BCUT2D eigenvalue weighted by Crippen LogP contribution is -2.39. The lowest BCUT2D eigenvalue weighted by Gasteiger charge is -2.33. The van der Waals surface area contributed by atoms with E-state index >= 15 is 0 Å². The summed E-state index contributed by atoms with van der Waals surface area (Å²) in [5.74, 6) is 0. The molecule has 3 rings (SSSR count). The van der Waals surface area contributed by atoms with Crippen LogP contribution in [-0.4, -0.2) is 42.1 Å². The predicted octanol–water partition coefficient (Wildman–Crippen LogP) is 3.98. The molecule has 126 valence electrons. The van der Waals surface area contributed by atoms with E-state index in [1.807, 2.05) is 54.6 Å². The lowest BCUT2D eigenvalue weighted by molar-refractivity contribution is -0.0290. The Balaban J connectivity index is 1.58. The molecule has 0 spiro atoms. The highest BCUT2D eigenvalue weighted by atomic mass is 35.5. The van der Waals surface area contributed by atoms with Crippen LogP contribution in [0.3, 0.4) is 0 Å². The van der Waals surface area contributed by atoms with Gasteiger partial charge in [-0.05, 0) is 23.3 Å². The molecule has 1 saturated heterocycles. The Bertz CT molecular complexity index is 674. The van der Waals surface area contributed by atoms with Crippen molar-refractivity contribution in [1.29, 1.82) is 0 Å². The van der Waals surface area contributed by atoms with Crippen LogP contribution in [0.15, 0.2) is 59.8 Å². The topological polar surface area (TPSA) is 45.1 Å². The molecule has 1 aliphatic rings. The van der Waals surface area contributed by atoms with Crippen LogP contribution in [0.1, 0.15) is 23.7 Å². The summed E-state index contributed by atoms with van der Waals surface area (Å²) in [6, 6.07) is 17.6. The van der Waals surface area contributed by atoms with Gasteiger partial charge in [-0.15, -0.1) is 0 Å². The van der Waals surface area contributed by atoms with Crippen LogP contribution >= 0.6 is 11.6 Å². The van der Waals surface area contributed by atoms with E-state index in [2.05, 4.69) is 10.1 Å². The number of oxime groups is 1. The van der Waals surface area contributed by atoms with Crippen LogP contribution < -0.4 is 0 Å². The molecule has 1 heterocycles. The zero-order valence-electron chi connectivity index (χ0n) is 13.4.